The van der Waals surface area contributed by atoms with Gasteiger partial charge in [0.1, 0.15) is 0 Å². The Labute approximate surface area is 147 Å². The van der Waals surface area contributed by atoms with E-state index in [1.807, 2.05) is 56.3 Å². The zero-order chi connectivity index (χ0) is 19.9. The Morgan fingerprint density at radius 1 is 1.27 bits per heavy atom. The van der Waals surface area contributed by atoms with Crippen molar-refractivity contribution in [3.63, 3.8) is 0 Å². The lowest BCUT2D eigenvalue weighted by atomic mass is 10.1. The number of nitrogens with zero attached hydrogens (tertiary/aromatic N) is 2. The van der Waals surface area contributed by atoms with E-state index in [0.717, 1.165) is 17.1 Å². The number of aliphatic carboxylic acids is 1. The van der Waals surface area contributed by atoms with Crippen molar-refractivity contribution < 1.29 is 27.9 Å². The Hall–Kier alpha value is -3.04. The van der Waals surface area contributed by atoms with Crippen molar-refractivity contribution in [1.29, 1.82) is 0 Å². The van der Waals surface area contributed by atoms with E-state index in [0.29, 0.717) is 12.1 Å². The number of benzene rings is 1. The Kier molecular flexibility index (Phi) is 7.17. The fourth-order valence-electron chi connectivity index (χ4n) is 1.89. The first-order valence-corrected chi connectivity index (χ1v) is 7.38. The van der Waals surface area contributed by atoms with Gasteiger partial charge in [0.15, 0.2) is 0 Å². The number of hydrogen-bond donors (Lipinski definition) is 3. The second-order valence-electron chi connectivity index (χ2n) is 5.44. The quantitative estimate of drug-likeness (QED) is 0.765. The summed E-state index contributed by atoms with van der Waals surface area (Å²) in [5.74, 6) is -2.85. The van der Waals surface area contributed by atoms with E-state index < -0.39 is 12.1 Å². The number of carbonyl (C=O) groups is 2. The lowest BCUT2D eigenvalue weighted by molar-refractivity contribution is -0.192. The van der Waals surface area contributed by atoms with Gasteiger partial charge >= 0.3 is 12.1 Å². The third kappa shape index (κ3) is 6.46. The van der Waals surface area contributed by atoms with Crippen LogP contribution in [0.4, 0.5) is 18.9 Å². The SMILES string of the molecule is Cc1cc(CNC(=O)c2ccccc2N(C)C)n[nH]1.O=C(O)C(F)(F)F. The van der Waals surface area contributed by atoms with Gasteiger partial charge in [0.2, 0.25) is 0 Å². The molecule has 1 heterocycles. The fourth-order valence-corrected chi connectivity index (χ4v) is 1.89. The number of carboxylic acid groups (broad SMARTS) is 1. The summed E-state index contributed by atoms with van der Waals surface area (Å²) in [6.45, 7) is 2.35. The zero-order valence-corrected chi connectivity index (χ0v) is 14.4. The number of alkyl halides is 3. The molecule has 0 unspecified atom stereocenters. The Balaban J connectivity index is 0.000000412. The van der Waals surface area contributed by atoms with Crippen LogP contribution in [0.15, 0.2) is 30.3 Å². The van der Waals surface area contributed by atoms with Gasteiger partial charge in [0, 0.05) is 25.5 Å². The van der Waals surface area contributed by atoms with Crippen LogP contribution < -0.4 is 10.2 Å². The number of para-hydroxylation sites is 1. The number of aromatic nitrogens is 2. The summed E-state index contributed by atoms with van der Waals surface area (Å²) in [4.78, 5) is 23.0. The molecule has 142 valence electrons. The summed E-state index contributed by atoms with van der Waals surface area (Å²) in [6, 6.07) is 9.44. The van der Waals surface area contributed by atoms with Gasteiger partial charge in [-0.3, -0.25) is 9.89 Å². The van der Waals surface area contributed by atoms with Gasteiger partial charge in [-0.1, -0.05) is 12.1 Å². The molecule has 0 radical (unpaired) electrons. The maximum Gasteiger partial charge on any atom is 0.490 e. The second-order valence-corrected chi connectivity index (χ2v) is 5.44. The summed E-state index contributed by atoms with van der Waals surface area (Å²) in [7, 11) is 3.84. The summed E-state index contributed by atoms with van der Waals surface area (Å²) in [5, 5.41) is 16.9. The minimum atomic E-state index is -5.08. The normalized spacial score (nSPS) is 10.5. The predicted octanol–water partition coefficient (Wildman–Crippen LogP) is 2.35. The lowest BCUT2D eigenvalue weighted by Gasteiger charge is -2.16. The van der Waals surface area contributed by atoms with Crippen molar-refractivity contribution in [3.05, 3.63) is 47.3 Å². The number of amides is 1. The third-order valence-electron chi connectivity index (χ3n) is 3.06. The Morgan fingerprint density at radius 3 is 2.31 bits per heavy atom. The zero-order valence-electron chi connectivity index (χ0n) is 14.4. The summed E-state index contributed by atoms with van der Waals surface area (Å²) >= 11 is 0. The van der Waals surface area contributed by atoms with Crippen LogP contribution >= 0.6 is 0 Å². The molecule has 0 aliphatic carbocycles. The topological polar surface area (TPSA) is 98.3 Å². The van der Waals surface area contributed by atoms with Gasteiger partial charge < -0.3 is 15.3 Å². The molecule has 26 heavy (non-hydrogen) atoms. The van der Waals surface area contributed by atoms with Gasteiger partial charge in [-0.2, -0.15) is 18.3 Å². The van der Waals surface area contributed by atoms with E-state index in [4.69, 9.17) is 9.90 Å². The molecular formula is C16H19F3N4O3. The highest BCUT2D eigenvalue weighted by molar-refractivity contribution is 5.99. The van der Waals surface area contributed by atoms with Gasteiger partial charge in [-0.05, 0) is 25.1 Å². The Morgan fingerprint density at radius 2 is 1.85 bits per heavy atom. The maximum atomic E-state index is 12.2. The fraction of sp³-hybridized carbons (Fsp3) is 0.312. The van der Waals surface area contributed by atoms with Crippen molar-refractivity contribution in [2.24, 2.45) is 0 Å². The molecule has 0 saturated heterocycles. The number of carboxylic acids is 1. The van der Waals surface area contributed by atoms with Gasteiger partial charge in [0.05, 0.1) is 17.8 Å². The molecule has 0 aliphatic heterocycles. The minimum absolute atomic E-state index is 0.0926. The number of anilines is 1. The molecule has 0 atom stereocenters. The van der Waals surface area contributed by atoms with E-state index in [9.17, 15) is 18.0 Å². The molecule has 0 aliphatic rings. The van der Waals surface area contributed by atoms with Crippen molar-refractivity contribution in [3.8, 4) is 0 Å². The first-order chi connectivity index (χ1) is 12.0. The number of rotatable bonds is 4. The summed E-state index contributed by atoms with van der Waals surface area (Å²) < 4.78 is 31.7. The molecular weight excluding hydrogens is 353 g/mol. The minimum Gasteiger partial charge on any atom is -0.475 e. The molecule has 1 aromatic carbocycles. The molecule has 0 fully saturated rings. The lowest BCUT2D eigenvalue weighted by Crippen LogP contribution is -2.25. The van der Waals surface area contributed by atoms with Crippen LogP contribution in [-0.2, 0) is 11.3 Å². The molecule has 10 heteroatoms. The van der Waals surface area contributed by atoms with Crippen LogP contribution in [0.5, 0.6) is 0 Å². The highest BCUT2D eigenvalue weighted by Gasteiger charge is 2.38. The first kappa shape index (κ1) is 21.0. The van der Waals surface area contributed by atoms with Crippen LogP contribution in [0, 0.1) is 6.92 Å². The second kappa shape index (κ2) is 8.88. The van der Waals surface area contributed by atoms with Crippen LogP contribution in [0.1, 0.15) is 21.7 Å². The van der Waals surface area contributed by atoms with Crippen LogP contribution in [0.3, 0.4) is 0 Å². The van der Waals surface area contributed by atoms with Crippen LogP contribution in [0.25, 0.3) is 0 Å². The molecule has 1 aromatic heterocycles. The van der Waals surface area contributed by atoms with Crippen molar-refractivity contribution in [2.45, 2.75) is 19.6 Å². The number of aromatic amines is 1. The van der Waals surface area contributed by atoms with E-state index in [1.54, 1.807) is 0 Å². The van der Waals surface area contributed by atoms with Crippen molar-refractivity contribution in [2.75, 3.05) is 19.0 Å². The number of nitrogens with one attached hydrogen (secondary N) is 2. The standard InChI is InChI=1S/C14H18N4O.C2HF3O2/c1-10-8-11(17-16-10)9-15-14(19)12-6-4-5-7-13(12)18(2)3;3-2(4,5)1(6)7/h4-8H,9H2,1-3H3,(H,15,19)(H,16,17);(H,6,7). The first-order valence-electron chi connectivity index (χ1n) is 7.38. The molecule has 0 spiro atoms. The molecule has 7 nitrogen and oxygen atoms in total. The molecule has 3 N–H and O–H groups in total. The number of carbonyl (C=O) groups excluding carboxylic acids is 1. The maximum absolute atomic E-state index is 12.2. The van der Waals surface area contributed by atoms with E-state index in [-0.39, 0.29) is 5.91 Å². The molecule has 0 bridgehead atoms. The third-order valence-corrected chi connectivity index (χ3v) is 3.06. The van der Waals surface area contributed by atoms with Gasteiger partial charge in [-0.25, -0.2) is 4.79 Å². The Bertz CT molecular complexity index is 757. The summed E-state index contributed by atoms with van der Waals surface area (Å²) in [5.41, 5.74) is 3.38. The van der Waals surface area contributed by atoms with E-state index in [1.165, 1.54) is 0 Å². The molecule has 1 amide bonds. The highest BCUT2D eigenvalue weighted by Crippen LogP contribution is 2.17. The molecule has 0 saturated carbocycles. The largest absolute Gasteiger partial charge is 0.490 e. The monoisotopic (exact) mass is 372 g/mol. The highest BCUT2D eigenvalue weighted by atomic mass is 19.4. The van der Waals surface area contributed by atoms with Crippen molar-refractivity contribution >= 4 is 17.6 Å². The molecule has 2 rings (SSSR count). The average molecular weight is 372 g/mol. The van der Waals surface area contributed by atoms with E-state index in [2.05, 4.69) is 15.5 Å². The van der Waals surface area contributed by atoms with Gasteiger partial charge in [-0.15, -0.1) is 0 Å². The number of H-pyrrole nitrogens is 1. The molecule has 2 aromatic rings. The van der Waals surface area contributed by atoms with Gasteiger partial charge in [0.25, 0.3) is 5.91 Å². The van der Waals surface area contributed by atoms with Crippen LogP contribution in [-0.4, -0.2) is 47.5 Å². The summed E-state index contributed by atoms with van der Waals surface area (Å²) in [6.07, 6.45) is -5.08. The van der Waals surface area contributed by atoms with E-state index >= 15 is 0 Å². The smallest absolute Gasteiger partial charge is 0.475 e. The number of aryl methyl sites for hydroxylation is 1. The average Bonchev–Trinajstić information content (AvgIpc) is 2.97. The predicted molar refractivity (Wildman–Crippen MR) is 89.0 cm³/mol. The number of halogens is 3. The van der Waals surface area contributed by atoms with Crippen molar-refractivity contribution in [1.82, 2.24) is 15.5 Å². The number of hydrogen-bond acceptors (Lipinski definition) is 4. The van der Waals surface area contributed by atoms with Crippen LogP contribution in [0.2, 0.25) is 0 Å².